The van der Waals surface area contributed by atoms with E-state index in [0.29, 0.717) is 0 Å². The molecule has 18 heteroatoms. The second kappa shape index (κ2) is 12.6. The molecule has 4 saturated heterocycles. The van der Waals surface area contributed by atoms with Gasteiger partial charge in [-0.2, -0.15) is 0 Å². The van der Waals surface area contributed by atoms with E-state index in [1.807, 2.05) is 0 Å². The number of carbonyl (C=O) groups is 2. The van der Waals surface area contributed by atoms with E-state index >= 15 is 0 Å². The maximum Gasteiger partial charge on any atom is 0.330 e. The molecule has 4 fully saturated rings. The molecule has 0 saturated carbocycles. The maximum atomic E-state index is 12.5. The number of nitrogens with zero attached hydrogens (tertiary/aromatic N) is 2. The van der Waals surface area contributed by atoms with Crippen LogP contribution in [-0.2, 0) is 47.5 Å². The number of carbonyl (C=O) groups excluding carboxylic acids is 2. The molecule has 2 N–H and O–H groups in total. The second-order valence-electron chi connectivity index (χ2n) is 12.5. The number of rotatable bonds is 10. The van der Waals surface area contributed by atoms with Gasteiger partial charge in [0.2, 0.25) is 0 Å². The number of aromatic amines is 2. The highest BCUT2D eigenvalue weighted by Crippen LogP contribution is 2.43. The summed E-state index contributed by atoms with van der Waals surface area (Å²) < 4.78 is 48.9. The molecule has 0 bridgehead atoms. The third-order valence-corrected chi connectivity index (χ3v) is 8.08. The van der Waals surface area contributed by atoms with E-state index in [4.69, 9.17) is 37.9 Å². The van der Waals surface area contributed by atoms with Crippen molar-refractivity contribution in [2.45, 2.75) is 108 Å². The average molecular weight is 665 g/mol. The Balaban J connectivity index is 0.973. The lowest BCUT2D eigenvalue weighted by Crippen LogP contribution is -2.37. The number of nitrogens with one attached hydrogen (secondary N) is 2. The maximum absolute atomic E-state index is 12.5. The molecule has 256 valence electrons. The van der Waals surface area contributed by atoms with Gasteiger partial charge < -0.3 is 37.9 Å². The summed E-state index contributed by atoms with van der Waals surface area (Å²) in [5, 5.41) is 0. The Hall–Kier alpha value is -3.94. The van der Waals surface area contributed by atoms with Crippen LogP contribution in [0, 0.1) is 0 Å². The summed E-state index contributed by atoms with van der Waals surface area (Å²) in [5.41, 5.74) is -2.49. The van der Waals surface area contributed by atoms with E-state index in [1.165, 1.54) is 33.7 Å². The van der Waals surface area contributed by atoms with Gasteiger partial charge in [0.05, 0.1) is 0 Å². The summed E-state index contributed by atoms with van der Waals surface area (Å²) in [4.78, 5) is 77.2. The summed E-state index contributed by atoms with van der Waals surface area (Å²) in [7, 11) is 0. The van der Waals surface area contributed by atoms with Crippen molar-refractivity contribution in [2.75, 3.05) is 13.2 Å². The lowest BCUT2D eigenvalue weighted by atomic mass is 10.1. The molecule has 0 radical (unpaired) electrons. The van der Waals surface area contributed by atoms with Gasteiger partial charge in [-0.3, -0.25) is 38.3 Å². The summed E-state index contributed by atoms with van der Waals surface area (Å²) in [6, 6.07) is 2.37. The number of hydrogen-bond donors (Lipinski definition) is 2. The Labute approximate surface area is 265 Å². The first-order chi connectivity index (χ1) is 22.2. The topological polar surface area (TPSA) is 218 Å². The molecule has 0 spiro atoms. The molecule has 0 amide bonds. The molecule has 2 aromatic heterocycles. The van der Waals surface area contributed by atoms with E-state index in [-0.39, 0.29) is 32.5 Å². The summed E-state index contributed by atoms with van der Waals surface area (Å²) in [5.74, 6) is -3.14. The fourth-order valence-electron chi connectivity index (χ4n) is 6.16. The fourth-order valence-corrected chi connectivity index (χ4v) is 6.16. The SMILES string of the molecule is CC1(C)OC2C(COC(=O)CCCC(=O)OCC3OC(n4ccc(=O)[nH]c4=O)C4OC(C)(C)OC34)OC(n3ccc(=O)[nH]c3=O)C2O1. The van der Waals surface area contributed by atoms with Crippen LogP contribution >= 0.6 is 0 Å². The molecule has 8 atom stereocenters. The van der Waals surface area contributed by atoms with Crippen LogP contribution in [0.4, 0.5) is 0 Å². The van der Waals surface area contributed by atoms with Crippen molar-refractivity contribution in [1.29, 1.82) is 0 Å². The standard InChI is InChI=1S/C29H36N4O14/c1-28(2)44-20-14(42-24(22(20)46-28)32-10-8-16(34)30-26(32)38)12-40-18(36)6-5-7-19(37)41-13-15-21-23(47-29(3,4)45-21)25(43-15)33-11-9-17(35)31-27(33)39/h8-11,14-15,20-25H,5-7,12-13H2,1-4H3,(H,30,34,38)(H,31,35,39). The number of esters is 2. The monoisotopic (exact) mass is 664 g/mol. The fraction of sp³-hybridized carbons (Fsp3) is 0.655. The molecule has 6 rings (SSSR count). The first kappa shape index (κ1) is 33.0. The van der Waals surface area contributed by atoms with Gasteiger partial charge in [0.15, 0.2) is 24.0 Å². The second-order valence-corrected chi connectivity index (χ2v) is 12.5. The third kappa shape index (κ3) is 7.02. The first-order valence-electron chi connectivity index (χ1n) is 15.2. The van der Waals surface area contributed by atoms with Gasteiger partial charge in [-0.05, 0) is 34.1 Å². The molecular formula is C29H36N4O14. The zero-order chi connectivity index (χ0) is 33.7. The first-order valence-corrected chi connectivity index (χ1v) is 15.2. The van der Waals surface area contributed by atoms with Crippen LogP contribution in [0.3, 0.4) is 0 Å². The zero-order valence-corrected chi connectivity index (χ0v) is 26.1. The molecule has 4 aliphatic heterocycles. The Kier molecular flexibility index (Phi) is 8.83. The lowest BCUT2D eigenvalue weighted by Gasteiger charge is -2.24. The molecule has 6 heterocycles. The number of aromatic nitrogens is 4. The largest absolute Gasteiger partial charge is 0.463 e. The van der Waals surface area contributed by atoms with E-state index < -0.39 is 95.1 Å². The minimum Gasteiger partial charge on any atom is -0.463 e. The molecule has 0 aliphatic carbocycles. The highest BCUT2D eigenvalue weighted by atomic mass is 16.8. The molecule has 47 heavy (non-hydrogen) atoms. The average Bonchev–Trinajstić information content (AvgIpc) is 3.67. The summed E-state index contributed by atoms with van der Waals surface area (Å²) in [6.07, 6.45) is -3.56. The smallest absolute Gasteiger partial charge is 0.330 e. The van der Waals surface area contributed by atoms with Crippen molar-refractivity contribution in [3.05, 3.63) is 66.2 Å². The van der Waals surface area contributed by atoms with Gasteiger partial charge in [-0.25, -0.2) is 9.59 Å². The normalized spacial score (nSPS) is 31.7. The predicted octanol–water partition coefficient (Wildman–Crippen LogP) is -0.821. The molecule has 2 aromatic rings. The van der Waals surface area contributed by atoms with Crippen LogP contribution in [0.25, 0.3) is 0 Å². The van der Waals surface area contributed by atoms with Gasteiger partial charge >= 0.3 is 23.3 Å². The van der Waals surface area contributed by atoms with Crippen LogP contribution in [0.15, 0.2) is 43.7 Å². The van der Waals surface area contributed by atoms with Gasteiger partial charge in [-0.15, -0.1) is 0 Å². The van der Waals surface area contributed by atoms with Gasteiger partial charge in [-0.1, -0.05) is 0 Å². The van der Waals surface area contributed by atoms with Crippen molar-refractivity contribution in [3.8, 4) is 0 Å². The quantitative estimate of drug-likeness (QED) is 0.297. The minimum absolute atomic E-state index is 0.0887. The van der Waals surface area contributed by atoms with Crippen molar-refractivity contribution >= 4 is 11.9 Å². The van der Waals surface area contributed by atoms with Crippen molar-refractivity contribution in [3.63, 3.8) is 0 Å². The molecule has 0 aromatic carbocycles. The Morgan fingerprint density at radius 1 is 0.681 bits per heavy atom. The Morgan fingerprint density at radius 3 is 1.45 bits per heavy atom. The number of fused-ring (bicyclic) bond motifs is 2. The van der Waals surface area contributed by atoms with E-state index in [9.17, 15) is 28.8 Å². The minimum atomic E-state index is -0.982. The Bertz CT molecular complexity index is 1620. The van der Waals surface area contributed by atoms with E-state index in [0.717, 1.165) is 0 Å². The number of ether oxygens (including phenoxy) is 8. The van der Waals surface area contributed by atoms with Gasteiger partial charge in [0.25, 0.3) is 11.1 Å². The van der Waals surface area contributed by atoms with E-state index in [1.54, 1.807) is 27.7 Å². The van der Waals surface area contributed by atoms with Gasteiger partial charge in [0.1, 0.15) is 49.8 Å². The van der Waals surface area contributed by atoms with Crippen LogP contribution in [0.1, 0.15) is 59.4 Å². The molecule has 8 unspecified atom stereocenters. The van der Waals surface area contributed by atoms with E-state index in [2.05, 4.69) is 9.97 Å². The van der Waals surface area contributed by atoms with Crippen molar-refractivity contribution in [2.24, 2.45) is 0 Å². The summed E-state index contributed by atoms with van der Waals surface area (Å²) in [6.45, 7) is 6.44. The molecular weight excluding hydrogens is 628 g/mol. The van der Waals surface area contributed by atoms with Crippen molar-refractivity contribution < 1.29 is 47.5 Å². The summed E-state index contributed by atoms with van der Waals surface area (Å²) >= 11 is 0. The highest BCUT2D eigenvalue weighted by molar-refractivity contribution is 5.72. The number of H-pyrrole nitrogens is 2. The highest BCUT2D eigenvalue weighted by Gasteiger charge is 2.57. The number of hydrogen-bond acceptors (Lipinski definition) is 14. The van der Waals surface area contributed by atoms with Crippen LogP contribution in [0.5, 0.6) is 0 Å². The van der Waals surface area contributed by atoms with Crippen LogP contribution in [-0.4, -0.2) is 92.5 Å². The van der Waals surface area contributed by atoms with Crippen LogP contribution < -0.4 is 22.5 Å². The molecule has 18 nitrogen and oxygen atoms in total. The Morgan fingerprint density at radius 2 is 1.06 bits per heavy atom. The van der Waals surface area contributed by atoms with Crippen LogP contribution in [0.2, 0.25) is 0 Å². The molecule has 4 aliphatic rings. The third-order valence-electron chi connectivity index (χ3n) is 8.08. The predicted molar refractivity (Wildman–Crippen MR) is 154 cm³/mol. The zero-order valence-electron chi connectivity index (χ0n) is 26.1. The van der Waals surface area contributed by atoms with Crippen molar-refractivity contribution in [1.82, 2.24) is 19.1 Å². The van der Waals surface area contributed by atoms with Gasteiger partial charge in [0, 0.05) is 37.4 Å². The lowest BCUT2D eigenvalue weighted by molar-refractivity contribution is -0.203.